The summed E-state index contributed by atoms with van der Waals surface area (Å²) in [5.74, 6) is 0.207. The van der Waals surface area contributed by atoms with Crippen LogP contribution in [0.25, 0.3) is 0 Å². The van der Waals surface area contributed by atoms with Gasteiger partial charge in [0.1, 0.15) is 24.7 Å². The van der Waals surface area contributed by atoms with Gasteiger partial charge in [0.25, 0.3) is 12.3 Å². The predicted octanol–water partition coefficient (Wildman–Crippen LogP) is 3.42. The minimum atomic E-state index is -2.61. The van der Waals surface area contributed by atoms with Crippen LogP contribution in [-0.4, -0.2) is 51.6 Å². The standard InChI is InChI=1S/C22H21F2NO5/c1-28-19-9-15(30-11-20(23)24)8-17-18(26)10-16(22(17)19)13-2-4-14(5-3-13)25-6-7-29-12-21(25)27/h2-5,8-9,16,20H,6-7,10-12H2,1H3. The average molecular weight is 417 g/mol. The van der Waals surface area contributed by atoms with Gasteiger partial charge in [0.2, 0.25) is 0 Å². The van der Waals surface area contributed by atoms with Gasteiger partial charge in [-0.3, -0.25) is 9.59 Å². The molecule has 0 aromatic heterocycles. The number of halogens is 2. The van der Waals surface area contributed by atoms with E-state index in [0.29, 0.717) is 24.5 Å². The third kappa shape index (κ3) is 3.87. The Kier molecular flexibility index (Phi) is 5.67. The molecule has 0 bridgehead atoms. The molecule has 1 aliphatic heterocycles. The van der Waals surface area contributed by atoms with Crippen molar-refractivity contribution in [2.45, 2.75) is 18.8 Å². The number of carbonyl (C=O) groups excluding carboxylic acids is 2. The molecule has 2 aromatic carbocycles. The lowest BCUT2D eigenvalue weighted by atomic mass is 9.92. The van der Waals surface area contributed by atoms with Crippen LogP contribution in [0.2, 0.25) is 0 Å². The maximum absolute atomic E-state index is 12.6. The van der Waals surface area contributed by atoms with Gasteiger partial charge in [0.05, 0.1) is 13.7 Å². The van der Waals surface area contributed by atoms with E-state index in [1.807, 2.05) is 24.3 Å². The first-order valence-electron chi connectivity index (χ1n) is 9.62. The molecule has 1 amide bonds. The molecule has 30 heavy (non-hydrogen) atoms. The molecule has 1 aliphatic carbocycles. The zero-order valence-electron chi connectivity index (χ0n) is 16.4. The summed E-state index contributed by atoms with van der Waals surface area (Å²) >= 11 is 0. The van der Waals surface area contributed by atoms with Crippen molar-refractivity contribution in [2.75, 3.05) is 38.4 Å². The Morgan fingerprint density at radius 2 is 1.97 bits per heavy atom. The van der Waals surface area contributed by atoms with E-state index in [1.165, 1.54) is 19.2 Å². The Bertz CT molecular complexity index is 961. The molecule has 1 atom stereocenters. The average Bonchev–Trinajstić information content (AvgIpc) is 3.09. The van der Waals surface area contributed by atoms with Crippen LogP contribution < -0.4 is 14.4 Å². The molecule has 1 heterocycles. The summed E-state index contributed by atoms with van der Waals surface area (Å²) in [7, 11) is 1.47. The number of morpholine rings is 1. The van der Waals surface area contributed by atoms with E-state index in [2.05, 4.69) is 0 Å². The van der Waals surface area contributed by atoms with Gasteiger partial charge in [-0.1, -0.05) is 12.1 Å². The number of fused-ring (bicyclic) bond motifs is 1. The third-order valence-electron chi connectivity index (χ3n) is 5.34. The summed E-state index contributed by atoms with van der Waals surface area (Å²) in [5.41, 5.74) is 2.84. The van der Waals surface area contributed by atoms with Crippen LogP contribution >= 0.6 is 0 Å². The molecule has 0 N–H and O–H groups in total. The number of methoxy groups -OCH3 is 1. The molecular weight excluding hydrogens is 396 g/mol. The van der Waals surface area contributed by atoms with E-state index in [0.717, 1.165) is 16.8 Å². The molecule has 1 unspecified atom stereocenters. The lowest BCUT2D eigenvalue weighted by Crippen LogP contribution is -2.41. The highest BCUT2D eigenvalue weighted by molar-refractivity contribution is 6.03. The van der Waals surface area contributed by atoms with E-state index in [1.54, 1.807) is 4.90 Å². The first-order valence-corrected chi connectivity index (χ1v) is 9.62. The van der Waals surface area contributed by atoms with Crippen molar-refractivity contribution in [3.05, 3.63) is 53.1 Å². The van der Waals surface area contributed by atoms with Crippen LogP contribution in [0.5, 0.6) is 11.5 Å². The molecule has 4 rings (SSSR count). The Labute approximate surface area is 172 Å². The Morgan fingerprint density at radius 3 is 2.63 bits per heavy atom. The number of ether oxygens (including phenoxy) is 3. The fourth-order valence-electron chi connectivity index (χ4n) is 3.96. The SMILES string of the molecule is COc1cc(OCC(F)F)cc2c1C(c1ccc(N3CCOCC3=O)cc1)CC2=O. The second kappa shape index (κ2) is 8.39. The number of nitrogens with zero attached hydrogens (tertiary/aromatic N) is 1. The number of hydrogen-bond acceptors (Lipinski definition) is 5. The predicted molar refractivity (Wildman–Crippen MR) is 105 cm³/mol. The highest BCUT2D eigenvalue weighted by atomic mass is 19.3. The number of Topliss-reactive ketones (excluding diaryl/α,β-unsaturated/α-hetero) is 1. The largest absolute Gasteiger partial charge is 0.496 e. The van der Waals surface area contributed by atoms with Gasteiger partial charge < -0.3 is 19.1 Å². The van der Waals surface area contributed by atoms with Gasteiger partial charge in [-0.05, 0) is 23.8 Å². The zero-order valence-corrected chi connectivity index (χ0v) is 16.4. The summed E-state index contributed by atoms with van der Waals surface area (Å²) in [4.78, 5) is 26.3. The first-order chi connectivity index (χ1) is 14.5. The minimum Gasteiger partial charge on any atom is -0.496 e. The summed E-state index contributed by atoms with van der Waals surface area (Å²) in [6.07, 6.45) is -2.36. The second-order valence-corrected chi connectivity index (χ2v) is 7.16. The van der Waals surface area contributed by atoms with Crippen molar-refractivity contribution in [3.8, 4) is 11.5 Å². The number of carbonyl (C=O) groups is 2. The number of anilines is 1. The fraction of sp³-hybridized carbons (Fsp3) is 0.364. The van der Waals surface area contributed by atoms with Crippen LogP contribution in [0, 0.1) is 0 Å². The minimum absolute atomic E-state index is 0.0689. The van der Waals surface area contributed by atoms with Crippen LogP contribution in [0.3, 0.4) is 0 Å². The Hall–Kier alpha value is -3.00. The van der Waals surface area contributed by atoms with Gasteiger partial charge in [-0.2, -0.15) is 0 Å². The lowest BCUT2D eigenvalue weighted by molar-refractivity contribution is -0.125. The Balaban J connectivity index is 1.63. The molecule has 0 radical (unpaired) electrons. The van der Waals surface area contributed by atoms with Crippen LogP contribution in [0.1, 0.15) is 33.8 Å². The van der Waals surface area contributed by atoms with Crippen molar-refractivity contribution in [1.82, 2.24) is 0 Å². The number of amides is 1. The van der Waals surface area contributed by atoms with Crippen molar-refractivity contribution in [2.24, 2.45) is 0 Å². The quantitative estimate of drug-likeness (QED) is 0.721. The number of alkyl halides is 2. The summed E-state index contributed by atoms with van der Waals surface area (Å²) < 4.78 is 40.6. The maximum atomic E-state index is 12.6. The molecule has 2 aliphatic rings. The van der Waals surface area contributed by atoms with Crippen molar-refractivity contribution >= 4 is 17.4 Å². The molecule has 1 fully saturated rings. The number of benzene rings is 2. The maximum Gasteiger partial charge on any atom is 0.272 e. The molecule has 1 saturated heterocycles. The number of hydrogen-bond donors (Lipinski definition) is 0. The van der Waals surface area contributed by atoms with Gasteiger partial charge in [0, 0.05) is 41.8 Å². The molecule has 2 aromatic rings. The van der Waals surface area contributed by atoms with E-state index < -0.39 is 13.0 Å². The first kappa shape index (κ1) is 20.3. The van der Waals surface area contributed by atoms with Crippen molar-refractivity contribution in [3.63, 3.8) is 0 Å². The summed E-state index contributed by atoms with van der Waals surface area (Å²) in [6, 6.07) is 10.5. The summed E-state index contributed by atoms with van der Waals surface area (Å²) in [5, 5.41) is 0. The second-order valence-electron chi connectivity index (χ2n) is 7.16. The van der Waals surface area contributed by atoms with Gasteiger partial charge in [-0.15, -0.1) is 0 Å². The van der Waals surface area contributed by atoms with Crippen molar-refractivity contribution < 1.29 is 32.6 Å². The summed E-state index contributed by atoms with van der Waals surface area (Å²) in [6.45, 7) is 0.310. The fourth-order valence-corrected chi connectivity index (χ4v) is 3.96. The molecule has 6 nitrogen and oxygen atoms in total. The van der Waals surface area contributed by atoms with E-state index in [-0.39, 0.29) is 36.4 Å². The topological polar surface area (TPSA) is 65.1 Å². The molecule has 0 spiro atoms. The zero-order chi connectivity index (χ0) is 21.3. The number of rotatable bonds is 6. The molecule has 0 saturated carbocycles. The van der Waals surface area contributed by atoms with Gasteiger partial charge in [-0.25, -0.2) is 8.78 Å². The van der Waals surface area contributed by atoms with Crippen LogP contribution in [0.4, 0.5) is 14.5 Å². The normalized spacial score (nSPS) is 18.7. The molecule has 158 valence electrons. The number of ketones is 1. The lowest BCUT2D eigenvalue weighted by Gasteiger charge is -2.27. The smallest absolute Gasteiger partial charge is 0.272 e. The van der Waals surface area contributed by atoms with Crippen molar-refractivity contribution in [1.29, 1.82) is 0 Å². The van der Waals surface area contributed by atoms with E-state index in [9.17, 15) is 18.4 Å². The van der Waals surface area contributed by atoms with E-state index in [4.69, 9.17) is 14.2 Å². The Morgan fingerprint density at radius 1 is 1.20 bits per heavy atom. The van der Waals surface area contributed by atoms with Crippen LogP contribution in [0.15, 0.2) is 36.4 Å². The molecular formula is C22H21F2NO5. The van der Waals surface area contributed by atoms with E-state index >= 15 is 0 Å². The van der Waals surface area contributed by atoms with Gasteiger partial charge in [0.15, 0.2) is 5.78 Å². The highest BCUT2D eigenvalue weighted by Gasteiger charge is 2.34. The third-order valence-corrected chi connectivity index (χ3v) is 5.34. The monoisotopic (exact) mass is 417 g/mol. The van der Waals surface area contributed by atoms with Crippen LogP contribution in [-0.2, 0) is 9.53 Å². The molecule has 8 heteroatoms. The van der Waals surface area contributed by atoms with Gasteiger partial charge >= 0.3 is 0 Å². The highest BCUT2D eigenvalue weighted by Crippen LogP contribution is 2.45.